The summed E-state index contributed by atoms with van der Waals surface area (Å²) in [6.45, 7) is 11.4. The fourth-order valence-corrected chi connectivity index (χ4v) is 2.80. The van der Waals surface area contributed by atoms with Crippen LogP contribution in [0.2, 0.25) is 18.1 Å². The summed E-state index contributed by atoms with van der Waals surface area (Å²) in [4.78, 5) is 12.6. The number of morpholine rings is 1. The zero-order valence-corrected chi connectivity index (χ0v) is 14.0. The second kappa shape index (κ2) is 6.42. The summed E-state index contributed by atoms with van der Waals surface area (Å²) in [6, 6.07) is -0.301. The van der Waals surface area contributed by atoms with Crippen LogP contribution in [-0.2, 0) is 9.16 Å². The van der Waals surface area contributed by atoms with Crippen LogP contribution >= 0.6 is 0 Å². The Balaban J connectivity index is 2.64. The predicted molar refractivity (Wildman–Crippen MR) is 78.5 cm³/mol. The minimum Gasteiger partial charge on any atom is -0.465 e. The van der Waals surface area contributed by atoms with Gasteiger partial charge in [0, 0.05) is 0 Å². The fourth-order valence-electron chi connectivity index (χ4n) is 1.76. The Morgan fingerprint density at radius 3 is 2.50 bits per heavy atom. The van der Waals surface area contributed by atoms with Crippen molar-refractivity contribution in [3.63, 3.8) is 0 Å². The number of aliphatic hydroxyl groups excluding tert-OH is 1. The van der Waals surface area contributed by atoms with E-state index in [0.717, 1.165) is 0 Å². The van der Waals surface area contributed by atoms with Crippen LogP contribution in [0, 0.1) is 0 Å². The molecular formula is C13H27NO5Si. The lowest BCUT2D eigenvalue weighted by Gasteiger charge is -2.41. The standard InChI is InChI=1S/C13H27NO5Si/c1-13(2,3)20(4,5)19-9-10-8-18-11(7-15)6-14(10)12(16)17/h10-11,15H,6-9H2,1-5H3,(H,16,17)/t10-,11-/m0/s1. The van der Waals surface area contributed by atoms with E-state index < -0.39 is 20.5 Å². The van der Waals surface area contributed by atoms with Crippen molar-refractivity contribution in [2.75, 3.05) is 26.4 Å². The van der Waals surface area contributed by atoms with Crippen molar-refractivity contribution >= 4 is 14.4 Å². The lowest BCUT2D eigenvalue weighted by molar-refractivity contribution is -0.0818. The van der Waals surface area contributed by atoms with Crippen LogP contribution < -0.4 is 0 Å². The number of hydrogen-bond donors (Lipinski definition) is 2. The van der Waals surface area contributed by atoms with Gasteiger partial charge in [-0.3, -0.25) is 4.90 Å². The molecule has 2 atom stereocenters. The Bertz CT molecular complexity index is 342. The molecule has 6 nitrogen and oxygen atoms in total. The maximum absolute atomic E-state index is 11.3. The second-order valence-corrected chi connectivity index (χ2v) is 11.6. The van der Waals surface area contributed by atoms with Gasteiger partial charge in [-0.2, -0.15) is 0 Å². The first-order chi connectivity index (χ1) is 9.08. The highest BCUT2D eigenvalue weighted by Crippen LogP contribution is 2.36. The molecule has 0 unspecified atom stereocenters. The van der Waals surface area contributed by atoms with Crippen LogP contribution in [0.5, 0.6) is 0 Å². The molecule has 1 amide bonds. The van der Waals surface area contributed by atoms with Crippen LogP contribution in [0.1, 0.15) is 20.8 Å². The lowest BCUT2D eigenvalue weighted by Crippen LogP contribution is -2.56. The number of amides is 1. The molecule has 1 aliphatic rings. The van der Waals surface area contributed by atoms with Crippen molar-refractivity contribution in [2.24, 2.45) is 0 Å². The molecule has 0 aromatic carbocycles. The Hall–Kier alpha value is -0.633. The Morgan fingerprint density at radius 2 is 2.05 bits per heavy atom. The average molecular weight is 305 g/mol. The largest absolute Gasteiger partial charge is 0.465 e. The van der Waals surface area contributed by atoms with Gasteiger partial charge < -0.3 is 19.4 Å². The number of carbonyl (C=O) groups is 1. The van der Waals surface area contributed by atoms with E-state index in [2.05, 4.69) is 33.9 Å². The monoisotopic (exact) mass is 305 g/mol. The van der Waals surface area contributed by atoms with Crippen molar-refractivity contribution in [1.29, 1.82) is 0 Å². The first-order valence-electron chi connectivity index (χ1n) is 6.94. The molecule has 0 bridgehead atoms. The van der Waals surface area contributed by atoms with Crippen molar-refractivity contribution in [2.45, 2.75) is 51.0 Å². The number of carboxylic acid groups (broad SMARTS) is 1. The van der Waals surface area contributed by atoms with Crippen molar-refractivity contribution in [3.05, 3.63) is 0 Å². The zero-order chi connectivity index (χ0) is 15.6. The number of hydrogen-bond acceptors (Lipinski definition) is 4. The van der Waals surface area contributed by atoms with E-state index >= 15 is 0 Å². The number of rotatable bonds is 4. The first kappa shape index (κ1) is 17.4. The topological polar surface area (TPSA) is 79.2 Å². The maximum atomic E-state index is 11.3. The summed E-state index contributed by atoms with van der Waals surface area (Å²) < 4.78 is 11.5. The van der Waals surface area contributed by atoms with Crippen LogP contribution in [0.25, 0.3) is 0 Å². The molecule has 1 fully saturated rings. The van der Waals surface area contributed by atoms with Crippen molar-refractivity contribution < 1.29 is 24.2 Å². The molecule has 1 rings (SSSR count). The van der Waals surface area contributed by atoms with Gasteiger partial charge in [-0.25, -0.2) is 4.79 Å². The molecule has 0 spiro atoms. The van der Waals surface area contributed by atoms with Gasteiger partial charge in [0.05, 0.1) is 38.5 Å². The highest BCUT2D eigenvalue weighted by atomic mass is 28.4. The number of nitrogens with zero attached hydrogens (tertiary/aromatic N) is 1. The highest BCUT2D eigenvalue weighted by molar-refractivity contribution is 6.74. The molecule has 1 heterocycles. The maximum Gasteiger partial charge on any atom is 0.407 e. The summed E-state index contributed by atoms with van der Waals surface area (Å²) in [5, 5.41) is 18.4. The van der Waals surface area contributed by atoms with Gasteiger partial charge in [0.2, 0.25) is 0 Å². The Labute approximate surface area is 121 Å². The molecule has 1 aliphatic heterocycles. The fraction of sp³-hybridized carbons (Fsp3) is 0.923. The van der Waals surface area contributed by atoms with E-state index in [1.54, 1.807) is 0 Å². The summed E-state index contributed by atoms with van der Waals surface area (Å²) >= 11 is 0. The van der Waals surface area contributed by atoms with Gasteiger partial charge in [-0.15, -0.1) is 0 Å². The highest BCUT2D eigenvalue weighted by Gasteiger charge is 2.39. The molecule has 0 aliphatic carbocycles. The van der Waals surface area contributed by atoms with Gasteiger partial charge in [-0.05, 0) is 18.1 Å². The molecule has 0 aromatic heterocycles. The molecule has 0 aromatic rings. The van der Waals surface area contributed by atoms with E-state index in [1.165, 1.54) is 4.90 Å². The van der Waals surface area contributed by atoms with E-state index in [1.807, 2.05) is 0 Å². The van der Waals surface area contributed by atoms with E-state index in [4.69, 9.17) is 14.3 Å². The van der Waals surface area contributed by atoms with Gasteiger partial charge >= 0.3 is 6.09 Å². The van der Waals surface area contributed by atoms with Gasteiger partial charge in [-0.1, -0.05) is 20.8 Å². The third-order valence-electron chi connectivity index (χ3n) is 4.26. The number of aliphatic hydroxyl groups is 1. The summed E-state index contributed by atoms with van der Waals surface area (Å²) in [7, 11) is -1.90. The predicted octanol–water partition coefficient (Wildman–Crippen LogP) is 1.75. The normalized spacial score (nSPS) is 24.8. The van der Waals surface area contributed by atoms with E-state index in [-0.39, 0.29) is 30.8 Å². The summed E-state index contributed by atoms with van der Waals surface area (Å²) in [5.74, 6) is 0. The van der Waals surface area contributed by atoms with Crippen LogP contribution in [-0.4, -0.2) is 68.0 Å². The lowest BCUT2D eigenvalue weighted by atomic mass is 10.2. The SMILES string of the molecule is CC(C)(C)[Si](C)(C)OC[C@@H]1CO[C@H](CO)CN1C(=O)O. The molecule has 118 valence electrons. The van der Waals surface area contributed by atoms with Crippen molar-refractivity contribution in [3.8, 4) is 0 Å². The third kappa shape index (κ3) is 4.18. The van der Waals surface area contributed by atoms with Gasteiger partial charge in [0.25, 0.3) is 0 Å². The summed E-state index contributed by atoms with van der Waals surface area (Å²) in [5.41, 5.74) is 0. The molecular weight excluding hydrogens is 278 g/mol. The molecule has 1 saturated heterocycles. The number of ether oxygens (including phenoxy) is 1. The smallest absolute Gasteiger partial charge is 0.407 e. The second-order valence-electron chi connectivity index (χ2n) is 6.80. The minimum atomic E-state index is -1.90. The molecule has 7 heteroatoms. The quantitative estimate of drug-likeness (QED) is 0.774. The third-order valence-corrected chi connectivity index (χ3v) is 8.76. The molecule has 2 N–H and O–H groups in total. The minimum absolute atomic E-state index is 0.0875. The molecule has 20 heavy (non-hydrogen) atoms. The van der Waals surface area contributed by atoms with E-state index in [0.29, 0.717) is 6.61 Å². The Morgan fingerprint density at radius 1 is 1.45 bits per heavy atom. The molecule has 0 saturated carbocycles. The Kier molecular flexibility index (Phi) is 5.59. The van der Waals surface area contributed by atoms with Crippen molar-refractivity contribution in [1.82, 2.24) is 4.90 Å². The van der Waals surface area contributed by atoms with Gasteiger partial charge in [0.15, 0.2) is 8.32 Å². The van der Waals surface area contributed by atoms with Crippen LogP contribution in [0.3, 0.4) is 0 Å². The first-order valence-corrected chi connectivity index (χ1v) is 9.85. The van der Waals surface area contributed by atoms with Crippen LogP contribution in [0.4, 0.5) is 4.79 Å². The van der Waals surface area contributed by atoms with Crippen LogP contribution in [0.15, 0.2) is 0 Å². The average Bonchev–Trinajstić information content (AvgIpc) is 2.34. The van der Waals surface area contributed by atoms with Gasteiger partial charge in [0.1, 0.15) is 0 Å². The summed E-state index contributed by atoms with van der Waals surface area (Å²) in [6.07, 6.45) is -1.43. The van der Waals surface area contributed by atoms with E-state index in [9.17, 15) is 9.90 Å². The zero-order valence-electron chi connectivity index (χ0n) is 13.0. The molecule has 0 radical (unpaired) electrons.